The fourth-order valence-electron chi connectivity index (χ4n) is 5.17. The standard InChI is InChI=1S/C27H30FN3O4/c28-22-4-1-20(2-5-22)13-23-17-34-27(32)31(23)12-9-19-7-10-30(11-8-19)16-24-18-33-25-6-3-21(15-29)14-26(25)35-24/h1-6,14,19,23-24H,7-13,16-18H2. The number of amides is 1. The van der Waals surface area contributed by atoms with Crippen LogP contribution in [0.4, 0.5) is 9.18 Å². The van der Waals surface area contributed by atoms with Gasteiger partial charge in [0.1, 0.15) is 25.1 Å². The van der Waals surface area contributed by atoms with Gasteiger partial charge in [0.15, 0.2) is 11.5 Å². The Bertz CT molecular complexity index is 1080. The van der Waals surface area contributed by atoms with E-state index in [4.69, 9.17) is 19.5 Å². The highest BCUT2D eigenvalue weighted by atomic mass is 19.1. The first kappa shape index (κ1) is 23.4. The fraction of sp³-hybridized carbons (Fsp3) is 0.481. The van der Waals surface area contributed by atoms with Crippen LogP contribution in [0.3, 0.4) is 0 Å². The molecule has 2 unspecified atom stereocenters. The Labute approximate surface area is 205 Å². The number of carbonyl (C=O) groups excluding carboxylic acids is 1. The maximum absolute atomic E-state index is 13.2. The lowest BCUT2D eigenvalue weighted by Crippen LogP contribution is -2.44. The molecule has 3 aliphatic rings. The number of rotatable bonds is 7. The predicted octanol–water partition coefficient (Wildman–Crippen LogP) is 4.00. The van der Waals surface area contributed by atoms with Gasteiger partial charge in [0, 0.05) is 19.2 Å². The van der Waals surface area contributed by atoms with E-state index in [0.29, 0.717) is 49.2 Å². The minimum Gasteiger partial charge on any atom is -0.486 e. The van der Waals surface area contributed by atoms with E-state index in [1.807, 2.05) is 4.90 Å². The number of halogens is 1. The first-order valence-corrected chi connectivity index (χ1v) is 12.3. The van der Waals surface area contributed by atoms with Gasteiger partial charge in [0.05, 0.1) is 17.7 Å². The molecule has 5 rings (SSSR count). The third-order valence-corrected chi connectivity index (χ3v) is 7.20. The number of benzene rings is 2. The first-order chi connectivity index (χ1) is 17.1. The van der Waals surface area contributed by atoms with Crippen molar-refractivity contribution in [2.75, 3.05) is 39.4 Å². The second-order valence-corrected chi connectivity index (χ2v) is 9.61. The van der Waals surface area contributed by atoms with Crippen LogP contribution < -0.4 is 9.47 Å². The molecule has 0 bridgehead atoms. The van der Waals surface area contributed by atoms with Crippen LogP contribution in [0.5, 0.6) is 11.5 Å². The molecule has 0 spiro atoms. The third kappa shape index (κ3) is 5.68. The van der Waals surface area contributed by atoms with Crippen LogP contribution in [-0.2, 0) is 11.2 Å². The van der Waals surface area contributed by atoms with Crippen molar-refractivity contribution >= 4 is 6.09 Å². The molecule has 35 heavy (non-hydrogen) atoms. The summed E-state index contributed by atoms with van der Waals surface area (Å²) in [5.41, 5.74) is 1.57. The largest absolute Gasteiger partial charge is 0.486 e. The van der Waals surface area contributed by atoms with Crippen molar-refractivity contribution in [3.8, 4) is 17.6 Å². The van der Waals surface area contributed by atoms with Crippen molar-refractivity contribution in [1.29, 1.82) is 5.26 Å². The molecule has 2 saturated heterocycles. The summed E-state index contributed by atoms with van der Waals surface area (Å²) in [6, 6.07) is 13.9. The molecular formula is C27H30FN3O4. The number of carbonyl (C=O) groups is 1. The molecular weight excluding hydrogens is 449 g/mol. The summed E-state index contributed by atoms with van der Waals surface area (Å²) in [6.07, 6.45) is 3.48. The smallest absolute Gasteiger partial charge is 0.410 e. The van der Waals surface area contributed by atoms with Gasteiger partial charge in [0.25, 0.3) is 0 Å². The molecule has 184 valence electrons. The summed E-state index contributed by atoms with van der Waals surface area (Å²) in [5.74, 6) is 1.64. The summed E-state index contributed by atoms with van der Waals surface area (Å²) in [4.78, 5) is 16.5. The number of hydrogen-bond acceptors (Lipinski definition) is 6. The van der Waals surface area contributed by atoms with E-state index in [9.17, 15) is 9.18 Å². The average Bonchev–Trinajstić information content (AvgIpc) is 3.23. The molecule has 7 nitrogen and oxygen atoms in total. The van der Waals surface area contributed by atoms with Gasteiger partial charge in [-0.25, -0.2) is 9.18 Å². The summed E-state index contributed by atoms with van der Waals surface area (Å²) < 4.78 is 30.4. The van der Waals surface area contributed by atoms with Crippen molar-refractivity contribution in [3.05, 3.63) is 59.4 Å². The van der Waals surface area contributed by atoms with Crippen molar-refractivity contribution in [2.24, 2.45) is 5.92 Å². The quantitative estimate of drug-likeness (QED) is 0.598. The van der Waals surface area contributed by atoms with E-state index < -0.39 is 0 Å². The second kappa shape index (κ2) is 10.5. The van der Waals surface area contributed by atoms with Gasteiger partial charge < -0.3 is 19.1 Å². The van der Waals surface area contributed by atoms with Crippen LogP contribution in [0.2, 0.25) is 0 Å². The molecule has 2 atom stereocenters. The zero-order valence-electron chi connectivity index (χ0n) is 19.7. The highest BCUT2D eigenvalue weighted by Crippen LogP contribution is 2.33. The second-order valence-electron chi connectivity index (χ2n) is 9.61. The zero-order chi connectivity index (χ0) is 24.2. The first-order valence-electron chi connectivity index (χ1n) is 12.3. The molecule has 0 N–H and O–H groups in total. The Morgan fingerprint density at radius 3 is 2.60 bits per heavy atom. The molecule has 0 radical (unpaired) electrons. The zero-order valence-corrected chi connectivity index (χ0v) is 19.7. The summed E-state index contributed by atoms with van der Waals surface area (Å²) in [6.45, 7) is 4.34. The maximum atomic E-state index is 13.2. The van der Waals surface area contributed by atoms with Crippen LogP contribution >= 0.6 is 0 Å². The monoisotopic (exact) mass is 479 g/mol. The van der Waals surface area contributed by atoms with Crippen LogP contribution in [0, 0.1) is 23.1 Å². The minimum atomic E-state index is -0.253. The summed E-state index contributed by atoms with van der Waals surface area (Å²) in [7, 11) is 0. The molecule has 3 heterocycles. The lowest BCUT2D eigenvalue weighted by Gasteiger charge is -2.36. The van der Waals surface area contributed by atoms with Gasteiger partial charge in [-0.1, -0.05) is 12.1 Å². The number of fused-ring (bicyclic) bond motifs is 1. The number of likely N-dealkylation sites (tertiary alicyclic amines) is 1. The Balaban J connectivity index is 1.06. The van der Waals surface area contributed by atoms with Crippen molar-refractivity contribution in [2.45, 2.75) is 37.8 Å². The number of cyclic esters (lactones) is 1. The Hall–Kier alpha value is -3.31. The van der Waals surface area contributed by atoms with E-state index >= 15 is 0 Å². The van der Waals surface area contributed by atoms with Gasteiger partial charge in [-0.15, -0.1) is 0 Å². The predicted molar refractivity (Wildman–Crippen MR) is 127 cm³/mol. The molecule has 8 heteroatoms. The van der Waals surface area contributed by atoms with Gasteiger partial charge in [0.2, 0.25) is 0 Å². The molecule has 3 aliphatic heterocycles. The number of nitriles is 1. The molecule has 0 aliphatic carbocycles. The SMILES string of the molecule is N#Cc1ccc2c(c1)OC(CN1CCC(CCN3C(=O)OCC3Cc3ccc(F)cc3)CC1)CO2. The average molecular weight is 480 g/mol. The van der Waals surface area contributed by atoms with Crippen LogP contribution in [0.25, 0.3) is 0 Å². The highest BCUT2D eigenvalue weighted by Gasteiger charge is 2.34. The van der Waals surface area contributed by atoms with E-state index in [1.165, 1.54) is 12.1 Å². The summed E-state index contributed by atoms with van der Waals surface area (Å²) >= 11 is 0. The van der Waals surface area contributed by atoms with E-state index in [2.05, 4.69) is 11.0 Å². The maximum Gasteiger partial charge on any atom is 0.410 e. The molecule has 2 fully saturated rings. The summed E-state index contributed by atoms with van der Waals surface area (Å²) in [5, 5.41) is 9.11. The molecule has 2 aromatic rings. The van der Waals surface area contributed by atoms with Gasteiger partial charge >= 0.3 is 6.09 Å². The Kier molecular flexibility index (Phi) is 7.05. The number of nitrogens with zero attached hydrogens (tertiary/aromatic N) is 3. The molecule has 0 saturated carbocycles. The minimum absolute atomic E-state index is 0.000859. The lowest BCUT2D eigenvalue weighted by molar-refractivity contribution is 0.0465. The van der Waals surface area contributed by atoms with E-state index in [1.54, 1.807) is 30.3 Å². The van der Waals surface area contributed by atoms with Crippen molar-refractivity contribution < 1.29 is 23.4 Å². The van der Waals surface area contributed by atoms with Crippen molar-refractivity contribution in [1.82, 2.24) is 9.80 Å². The van der Waals surface area contributed by atoms with Crippen LogP contribution in [0.15, 0.2) is 42.5 Å². The van der Waals surface area contributed by atoms with Gasteiger partial charge in [-0.2, -0.15) is 5.26 Å². The normalized spacial score (nSPS) is 22.6. The lowest BCUT2D eigenvalue weighted by atomic mass is 9.93. The number of ether oxygens (including phenoxy) is 3. The molecule has 0 aromatic heterocycles. The third-order valence-electron chi connectivity index (χ3n) is 7.20. The molecule has 1 amide bonds. The van der Waals surface area contributed by atoms with E-state index in [-0.39, 0.29) is 24.1 Å². The van der Waals surface area contributed by atoms with E-state index in [0.717, 1.165) is 44.5 Å². The van der Waals surface area contributed by atoms with Crippen molar-refractivity contribution in [3.63, 3.8) is 0 Å². The Morgan fingerprint density at radius 1 is 1.03 bits per heavy atom. The number of hydrogen-bond donors (Lipinski definition) is 0. The fourth-order valence-corrected chi connectivity index (χ4v) is 5.17. The van der Waals surface area contributed by atoms with Crippen LogP contribution in [0.1, 0.15) is 30.4 Å². The van der Waals surface area contributed by atoms with Gasteiger partial charge in [-0.3, -0.25) is 4.90 Å². The number of piperidine rings is 1. The topological polar surface area (TPSA) is 75.0 Å². The van der Waals surface area contributed by atoms with Crippen LogP contribution in [-0.4, -0.2) is 67.4 Å². The van der Waals surface area contributed by atoms with Gasteiger partial charge in [-0.05, 0) is 74.5 Å². The highest BCUT2D eigenvalue weighted by molar-refractivity contribution is 5.70. The molecule has 2 aromatic carbocycles. The Morgan fingerprint density at radius 2 is 1.83 bits per heavy atom.